The maximum atomic E-state index is 11.6. The summed E-state index contributed by atoms with van der Waals surface area (Å²) in [6.45, 7) is 10.7. The molecule has 120 valence electrons. The fraction of sp³-hybridized carbons (Fsp3) is 0.588. The number of para-hydroxylation sites is 1. The molecule has 1 aromatic carbocycles. The number of esters is 1. The van der Waals surface area contributed by atoms with Crippen molar-refractivity contribution in [3.8, 4) is 0 Å². The highest BCUT2D eigenvalue weighted by atomic mass is 16.5. The molecule has 0 fully saturated rings. The average molecular weight is 294 g/mol. The summed E-state index contributed by atoms with van der Waals surface area (Å²) >= 11 is 0. The number of carbonyl (C=O) groups excluding carboxylic acids is 1. The van der Waals surface area contributed by atoms with Crippen molar-refractivity contribution < 1.29 is 9.53 Å². The number of ether oxygens (including phenoxy) is 1. The van der Waals surface area contributed by atoms with Gasteiger partial charge < -0.3 is 15.8 Å². The third kappa shape index (κ3) is 7.71. The van der Waals surface area contributed by atoms with Crippen LogP contribution in [0.2, 0.25) is 0 Å². The standard InChI is InChI=1S/C13H19NO2.C4H11N/c1-3-5-7-10-8-6-9-11(12(10)14)13(15)16-4-2;1-3-5-4-2/h6,8-9H,3-5,7,14H2,1-2H3;5H,3-4H2,1-2H3. The average Bonchev–Trinajstić information content (AvgIpc) is 2.48. The molecule has 4 heteroatoms. The molecule has 0 radical (unpaired) electrons. The fourth-order valence-corrected chi connectivity index (χ4v) is 1.84. The van der Waals surface area contributed by atoms with Gasteiger partial charge in [-0.3, -0.25) is 0 Å². The number of hydrogen-bond donors (Lipinski definition) is 2. The van der Waals surface area contributed by atoms with E-state index in [9.17, 15) is 4.79 Å². The molecule has 0 spiro atoms. The van der Waals surface area contributed by atoms with Gasteiger partial charge in [-0.25, -0.2) is 4.79 Å². The van der Waals surface area contributed by atoms with E-state index in [-0.39, 0.29) is 5.97 Å². The molecular weight excluding hydrogens is 264 g/mol. The summed E-state index contributed by atoms with van der Waals surface area (Å²) in [5.41, 5.74) is 8.04. The van der Waals surface area contributed by atoms with Gasteiger partial charge in [-0.15, -0.1) is 0 Å². The lowest BCUT2D eigenvalue weighted by atomic mass is 10.0. The lowest BCUT2D eigenvalue weighted by molar-refractivity contribution is 0.0527. The van der Waals surface area contributed by atoms with E-state index in [1.54, 1.807) is 13.0 Å². The highest BCUT2D eigenvalue weighted by Crippen LogP contribution is 2.20. The summed E-state index contributed by atoms with van der Waals surface area (Å²) < 4.78 is 4.95. The predicted molar refractivity (Wildman–Crippen MR) is 89.6 cm³/mol. The van der Waals surface area contributed by atoms with Gasteiger partial charge in [0, 0.05) is 5.69 Å². The van der Waals surface area contributed by atoms with Crippen molar-refractivity contribution in [2.75, 3.05) is 25.4 Å². The van der Waals surface area contributed by atoms with E-state index in [1.807, 2.05) is 12.1 Å². The van der Waals surface area contributed by atoms with Crippen LogP contribution in [0.3, 0.4) is 0 Å². The Morgan fingerprint density at radius 3 is 2.33 bits per heavy atom. The lowest BCUT2D eigenvalue weighted by Crippen LogP contribution is -2.09. The molecule has 0 atom stereocenters. The third-order valence-electron chi connectivity index (χ3n) is 2.99. The van der Waals surface area contributed by atoms with Crippen molar-refractivity contribution in [1.82, 2.24) is 5.32 Å². The first-order chi connectivity index (χ1) is 10.1. The molecule has 0 heterocycles. The highest BCUT2D eigenvalue weighted by molar-refractivity contribution is 5.95. The minimum atomic E-state index is -0.335. The molecule has 0 saturated heterocycles. The molecule has 0 unspecified atom stereocenters. The number of carbonyl (C=O) groups is 1. The van der Waals surface area contributed by atoms with Gasteiger partial charge in [0.15, 0.2) is 0 Å². The highest BCUT2D eigenvalue weighted by Gasteiger charge is 2.12. The van der Waals surface area contributed by atoms with Crippen LogP contribution < -0.4 is 11.1 Å². The summed E-state index contributed by atoms with van der Waals surface area (Å²) in [5.74, 6) is -0.335. The molecule has 1 rings (SSSR count). The van der Waals surface area contributed by atoms with Gasteiger partial charge in [0.25, 0.3) is 0 Å². The summed E-state index contributed by atoms with van der Waals surface area (Å²) in [5, 5.41) is 3.11. The Bertz CT molecular complexity index is 404. The summed E-state index contributed by atoms with van der Waals surface area (Å²) in [6.07, 6.45) is 3.11. The largest absolute Gasteiger partial charge is 0.462 e. The summed E-state index contributed by atoms with van der Waals surface area (Å²) in [7, 11) is 0. The number of aryl methyl sites for hydroxylation is 1. The van der Waals surface area contributed by atoms with Crippen molar-refractivity contribution in [3.05, 3.63) is 29.3 Å². The minimum absolute atomic E-state index is 0.335. The zero-order valence-electron chi connectivity index (χ0n) is 13.9. The van der Waals surface area contributed by atoms with Gasteiger partial charge in [0.05, 0.1) is 12.2 Å². The van der Waals surface area contributed by atoms with Crippen LogP contribution >= 0.6 is 0 Å². The number of hydrogen-bond acceptors (Lipinski definition) is 4. The number of benzene rings is 1. The van der Waals surface area contributed by atoms with E-state index in [1.165, 1.54) is 0 Å². The Morgan fingerprint density at radius 2 is 1.86 bits per heavy atom. The molecule has 0 amide bonds. The van der Waals surface area contributed by atoms with Gasteiger partial charge in [0.2, 0.25) is 0 Å². The third-order valence-corrected chi connectivity index (χ3v) is 2.99. The van der Waals surface area contributed by atoms with Crippen molar-refractivity contribution in [3.63, 3.8) is 0 Å². The van der Waals surface area contributed by atoms with E-state index >= 15 is 0 Å². The Morgan fingerprint density at radius 1 is 1.19 bits per heavy atom. The van der Waals surface area contributed by atoms with Gasteiger partial charge >= 0.3 is 5.97 Å². The molecule has 0 saturated carbocycles. The number of unbranched alkanes of at least 4 members (excludes halogenated alkanes) is 1. The number of nitrogen functional groups attached to an aromatic ring is 1. The first-order valence-corrected chi connectivity index (χ1v) is 7.87. The molecule has 4 nitrogen and oxygen atoms in total. The van der Waals surface area contributed by atoms with Crippen molar-refractivity contribution in [2.45, 2.75) is 47.0 Å². The second kappa shape index (κ2) is 12.2. The van der Waals surface area contributed by atoms with Crippen molar-refractivity contribution in [2.24, 2.45) is 0 Å². The second-order valence-electron chi connectivity index (χ2n) is 4.66. The summed E-state index contributed by atoms with van der Waals surface area (Å²) in [6, 6.07) is 5.53. The maximum absolute atomic E-state index is 11.6. The smallest absolute Gasteiger partial charge is 0.340 e. The molecule has 0 aliphatic heterocycles. The van der Waals surface area contributed by atoms with Crippen LogP contribution in [-0.4, -0.2) is 25.7 Å². The number of rotatable bonds is 7. The molecule has 21 heavy (non-hydrogen) atoms. The quantitative estimate of drug-likeness (QED) is 0.597. The van der Waals surface area contributed by atoms with E-state index < -0.39 is 0 Å². The van der Waals surface area contributed by atoms with Crippen molar-refractivity contribution >= 4 is 11.7 Å². The predicted octanol–water partition coefficient (Wildman–Crippen LogP) is 3.40. The SMILES string of the molecule is CCCCc1cccc(C(=O)OCC)c1N.CCNCC. The minimum Gasteiger partial charge on any atom is -0.462 e. The van der Waals surface area contributed by atoms with Crippen molar-refractivity contribution in [1.29, 1.82) is 0 Å². The molecule has 0 aliphatic rings. The van der Waals surface area contributed by atoms with Crippen LogP contribution in [-0.2, 0) is 11.2 Å². The monoisotopic (exact) mass is 294 g/mol. The van der Waals surface area contributed by atoms with Gasteiger partial charge in [-0.05, 0) is 44.5 Å². The normalized spacial score (nSPS) is 9.71. The van der Waals surface area contributed by atoms with Crippen LogP contribution in [0.4, 0.5) is 5.69 Å². The number of anilines is 1. The topological polar surface area (TPSA) is 64.3 Å². The van der Waals surface area contributed by atoms with Crippen LogP contribution in [0.1, 0.15) is 56.5 Å². The molecule has 0 aromatic heterocycles. The summed E-state index contributed by atoms with van der Waals surface area (Å²) in [4.78, 5) is 11.6. The Kier molecular flexibility index (Phi) is 11.3. The fourth-order valence-electron chi connectivity index (χ4n) is 1.84. The zero-order chi connectivity index (χ0) is 16.1. The molecule has 0 aliphatic carbocycles. The molecular formula is C17H30N2O2. The Labute approximate surface area is 129 Å². The van der Waals surface area contributed by atoms with Crippen LogP contribution in [0.15, 0.2) is 18.2 Å². The molecule has 3 N–H and O–H groups in total. The maximum Gasteiger partial charge on any atom is 0.340 e. The molecule has 1 aromatic rings. The van der Waals surface area contributed by atoms with E-state index in [4.69, 9.17) is 10.5 Å². The van der Waals surface area contributed by atoms with Crippen LogP contribution in [0.5, 0.6) is 0 Å². The Hall–Kier alpha value is -1.55. The number of nitrogens with two attached hydrogens (primary N) is 1. The van der Waals surface area contributed by atoms with E-state index in [0.29, 0.717) is 17.9 Å². The van der Waals surface area contributed by atoms with Crippen LogP contribution in [0, 0.1) is 0 Å². The first kappa shape index (κ1) is 19.4. The Balaban J connectivity index is 0.000000690. The zero-order valence-corrected chi connectivity index (χ0v) is 13.9. The van der Waals surface area contributed by atoms with E-state index in [2.05, 4.69) is 26.1 Å². The van der Waals surface area contributed by atoms with Crippen LogP contribution in [0.25, 0.3) is 0 Å². The lowest BCUT2D eigenvalue weighted by Gasteiger charge is -2.09. The van der Waals surface area contributed by atoms with Gasteiger partial charge in [-0.2, -0.15) is 0 Å². The first-order valence-electron chi connectivity index (χ1n) is 7.87. The second-order valence-corrected chi connectivity index (χ2v) is 4.66. The van der Waals surface area contributed by atoms with Gasteiger partial charge in [0.1, 0.15) is 0 Å². The van der Waals surface area contributed by atoms with E-state index in [0.717, 1.165) is 37.9 Å². The molecule has 0 bridgehead atoms. The number of nitrogens with one attached hydrogen (secondary N) is 1. The van der Waals surface area contributed by atoms with Gasteiger partial charge in [-0.1, -0.05) is 39.3 Å².